The molecule has 1 aliphatic carbocycles. The number of sulfone groups is 1. The lowest BCUT2D eigenvalue weighted by molar-refractivity contribution is -0.242. The highest BCUT2D eigenvalue weighted by Gasteiger charge is 2.57. The Kier molecular flexibility index (Phi) is 9.59. The van der Waals surface area contributed by atoms with Gasteiger partial charge < -0.3 is 15.4 Å². The predicted octanol–water partition coefficient (Wildman–Crippen LogP) is 5.47. The first-order chi connectivity index (χ1) is 18.5. The third-order valence-corrected chi connectivity index (χ3v) is 8.82. The number of rotatable bonds is 9. The Morgan fingerprint density at radius 1 is 1.15 bits per heavy atom. The van der Waals surface area contributed by atoms with Crippen LogP contribution in [0.3, 0.4) is 0 Å². The Balaban J connectivity index is 1.82. The van der Waals surface area contributed by atoms with Crippen LogP contribution in [-0.2, 0) is 16.4 Å². The number of carbonyl (C=O) groups is 1. The molecule has 1 saturated carbocycles. The van der Waals surface area contributed by atoms with E-state index in [9.17, 15) is 39.6 Å². The first kappa shape index (κ1) is 31.8. The molecule has 224 valence electrons. The normalized spacial score (nSPS) is 18.6. The molecule has 2 aromatic rings. The number of benzene rings is 1. The Morgan fingerprint density at radius 3 is 2.25 bits per heavy atom. The van der Waals surface area contributed by atoms with E-state index in [4.69, 9.17) is 16.3 Å². The number of aryl methyl sites for hydroxylation is 1. The molecule has 0 spiro atoms. The van der Waals surface area contributed by atoms with Gasteiger partial charge in [-0.1, -0.05) is 11.6 Å². The first-order valence-electron chi connectivity index (χ1n) is 12.3. The number of hydrogen-bond acceptors (Lipinski definition) is 6. The second-order valence-corrected chi connectivity index (χ2v) is 12.3. The van der Waals surface area contributed by atoms with Crippen molar-refractivity contribution in [3.8, 4) is 17.0 Å². The number of methoxy groups -OCH3 is 1. The maximum absolute atomic E-state index is 13.0. The molecule has 1 aromatic heterocycles. The molecular formula is C24H29ClF6N4O4S. The van der Waals surface area contributed by atoms with Gasteiger partial charge in [0.2, 0.25) is 6.04 Å². The number of amides is 1. The smallest absolute Gasteiger partial charge is 0.417 e. The molecule has 0 unspecified atom stereocenters. The van der Waals surface area contributed by atoms with Crippen LogP contribution in [0.1, 0.15) is 43.1 Å². The quantitative estimate of drug-likeness (QED) is 0.362. The molecule has 1 aliphatic rings. The van der Waals surface area contributed by atoms with Gasteiger partial charge in [0.25, 0.3) is 5.91 Å². The van der Waals surface area contributed by atoms with Gasteiger partial charge in [-0.2, -0.15) is 31.4 Å². The maximum atomic E-state index is 13.0. The van der Waals surface area contributed by atoms with Gasteiger partial charge in [0.15, 0.2) is 5.69 Å². The Bertz CT molecular complexity index is 1310. The van der Waals surface area contributed by atoms with Crippen molar-refractivity contribution < 1.29 is 44.3 Å². The number of nitrogens with one attached hydrogen (secondary N) is 2. The first-order valence-corrected chi connectivity index (χ1v) is 14.6. The zero-order chi connectivity index (χ0) is 30.0. The van der Waals surface area contributed by atoms with E-state index in [1.165, 1.54) is 29.4 Å². The zero-order valence-corrected chi connectivity index (χ0v) is 23.4. The highest BCUT2D eigenvalue weighted by atomic mass is 35.5. The Hall–Kier alpha value is -2.68. The number of ether oxygens (including phenoxy) is 1. The maximum Gasteiger partial charge on any atom is 0.417 e. The van der Waals surface area contributed by atoms with Gasteiger partial charge in [-0.25, -0.2) is 8.42 Å². The molecule has 0 bridgehead atoms. The molecular weight excluding hydrogens is 590 g/mol. The molecule has 1 aromatic carbocycles. The number of carbonyl (C=O) groups excluding carboxylic acids is 1. The molecule has 16 heteroatoms. The SMILES string of the molecule is CCn1nc(C(=O)NCC2CCC(S(C)(=O)=O)CC2)c(Cl)c1-c1ccc(NC(C(F)(F)F)C(F)(F)F)cc1OC. The topological polar surface area (TPSA) is 102 Å². The third kappa shape index (κ3) is 7.33. The highest BCUT2D eigenvalue weighted by molar-refractivity contribution is 7.91. The van der Waals surface area contributed by atoms with E-state index < -0.39 is 39.8 Å². The van der Waals surface area contributed by atoms with Crippen LogP contribution in [0.5, 0.6) is 5.75 Å². The van der Waals surface area contributed by atoms with Crippen LogP contribution in [0, 0.1) is 5.92 Å². The number of aromatic nitrogens is 2. The lowest BCUT2D eigenvalue weighted by atomic mass is 9.89. The molecule has 3 rings (SSSR count). The minimum absolute atomic E-state index is 0.0748. The summed E-state index contributed by atoms with van der Waals surface area (Å²) in [4.78, 5) is 12.9. The van der Waals surface area contributed by atoms with Crippen LogP contribution in [0.25, 0.3) is 11.3 Å². The standard InChI is InChI=1S/C24H29ClF6N4O4S/c1-4-35-20(16-10-7-14(11-17(16)39-2)33-22(23(26,27)28)24(29,30)31)18(25)19(34-35)21(36)32-12-13-5-8-15(9-6-13)40(3,37)38/h7,10-11,13,15,22,33H,4-6,8-9,12H2,1-3H3,(H,32,36). The van der Waals surface area contributed by atoms with Crippen LogP contribution in [0.15, 0.2) is 18.2 Å². The summed E-state index contributed by atoms with van der Waals surface area (Å²) in [5.41, 5.74) is -0.236. The van der Waals surface area contributed by atoms with Gasteiger partial charge in [0.1, 0.15) is 15.6 Å². The molecule has 40 heavy (non-hydrogen) atoms. The molecule has 1 heterocycles. The fourth-order valence-electron chi connectivity index (χ4n) is 4.65. The van der Waals surface area contributed by atoms with Crippen LogP contribution in [-0.4, -0.2) is 67.7 Å². The second-order valence-electron chi connectivity index (χ2n) is 9.58. The minimum Gasteiger partial charge on any atom is -0.496 e. The molecule has 0 radical (unpaired) electrons. The van der Waals surface area contributed by atoms with E-state index in [1.54, 1.807) is 6.92 Å². The van der Waals surface area contributed by atoms with Crippen molar-refractivity contribution in [3.63, 3.8) is 0 Å². The second kappa shape index (κ2) is 12.0. The van der Waals surface area contributed by atoms with Gasteiger partial charge in [-0.05, 0) is 50.7 Å². The fourth-order valence-corrected chi connectivity index (χ4v) is 6.10. The number of anilines is 1. The number of hydrogen-bond donors (Lipinski definition) is 2. The van der Waals surface area contributed by atoms with E-state index in [0.29, 0.717) is 25.7 Å². The Labute approximate surface area is 232 Å². The highest BCUT2D eigenvalue weighted by Crippen LogP contribution is 2.40. The van der Waals surface area contributed by atoms with Gasteiger partial charge in [-0.3, -0.25) is 9.48 Å². The zero-order valence-electron chi connectivity index (χ0n) is 21.8. The minimum atomic E-state index is -5.59. The van der Waals surface area contributed by atoms with E-state index in [1.807, 2.05) is 0 Å². The molecule has 2 N–H and O–H groups in total. The molecule has 0 atom stereocenters. The van der Waals surface area contributed by atoms with Crippen molar-refractivity contribution in [1.29, 1.82) is 0 Å². The number of alkyl halides is 6. The van der Waals surface area contributed by atoms with E-state index >= 15 is 0 Å². The number of nitrogens with zero attached hydrogens (tertiary/aromatic N) is 2. The molecule has 1 amide bonds. The third-order valence-electron chi connectivity index (χ3n) is 6.78. The summed E-state index contributed by atoms with van der Waals surface area (Å²) in [5.74, 6) is -0.607. The average Bonchev–Trinajstić information content (AvgIpc) is 3.20. The van der Waals surface area contributed by atoms with Gasteiger partial charge in [0.05, 0.1) is 23.1 Å². The monoisotopic (exact) mass is 618 g/mol. The summed E-state index contributed by atoms with van der Waals surface area (Å²) < 4.78 is 108. The van der Waals surface area contributed by atoms with Crippen molar-refractivity contribution in [2.75, 3.05) is 25.2 Å². The summed E-state index contributed by atoms with van der Waals surface area (Å²) in [6, 6.07) is -0.590. The van der Waals surface area contributed by atoms with Crippen LogP contribution < -0.4 is 15.4 Å². The Morgan fingerprint density at radius 2 is 1.75 bits per heavy atom. The summed E-state index contributed by atoms with van der Waals surface area (Å²) in [5, 5.41) is 8.00. The van der Waals surface area contributed by atoms with Gasteiger partial charge >= 0.3 is 12.4 Å². The van der Waals surface area contributed by atoms with Crippen molar-refractivity contribution in [3.05, 3.63) is 28.9 Å². The van der Waals surface area contributed by atoms with Gasteiger partial charge in [0, 0.05) is 36.7 Å². The summed E-state index contributed by atoms with van der Waals surface area (Å²) in [6.45, 7) is 2.21. The molecule has 0 aliphatic heterocycles. The van der Waals surface area contributed by atoms with Crippen LogP contribution in [0.2, 0.25) is 5.02 Å². The predicted molar refractivity (Wildman–Crippen MR) is 137 cm³/mol. The van der Waals surface area contributed by atoms with Gasteiger partial charge in [-0.15, -0.1) is 0 Å². The van der Waals surface area contributed by atoms with E-state index in [2.05, 4.69) is 10.4 Å². The van der Waals surface area contributed by atoms with Crippen LogP contribution in [0.4, 0.5) is 32.0 Å². The lowest BCUT2D eigenvalue weighted by Crippen LogP contribution is -2.47. The summed E-state index contributed by atoms with van der Waals surface area (Å²) >= 11 is 6.52. The molecule has 8 nitrogen and oxygen atoms in total. The molecule has 1 fully saturated rings. The summed E-state index contributed by atoms with van der Waals surface area (Å²) in [7, 11) is -1.94. The fraction of sp³-hybridized carbons (Fsp3) is 0.583. The largest absolute Gasteiger partial charge is 0.496 e. The molecule has 0 saturated heterocycles. The van der Waals surface area contributed by atoms with Crippen molar-refractivity contribution in [2.24, 2.45) is 5.92 Å². The average molecular weight is 619 g/mol. The van der Waals surface area contributed by atoms with Crippen molar-refractivity contribution in [1.82, 2.24) is 15.1 Å². The van der Waals surface area contributed by atoms with E-state index in [-0.39, 0.29) is 52.0 Å². The van der Waals surface area contributed by atoms with Crippen molar-refractivity contribution in [2.45, 2.75) is 62.8 Å². The lowest BCUT2D eigenvalue weighted by Gasteiger charge is -2.27. The van der Waals surface area contributed by atoms with E-state index in [0.717, 1.165) is 12.1 Å². The van der Waals surface area contributed by atoms with Crippen molar-refractivity contribution >= 4 is 33.0 Å². The summed E-state index contributed by atoms with van der Waals surface area (Å²) in [6.07, 6.45) is -7.71. The van der Waals surface area contributed by atoms with Crippen LogP contribution >= 0.6 is 11.6 Å². The number of halogens is 7.